The summed E-state index contributed by atoms with van der Waals surface area (Å²) in [5.74, 6) is -4.18. The normalized spacial score (nSPS) is 11.1. The Morgan fingerprint density at radius 1 is 1.05 bits per heavy atom. The van der Waals surface area contributed by atoms with Crippen LogP contribution in [0.15, 0.2) is 12.1 Å². The van der Waals surface area contributed by atoms with Crippen LogP contribution < -0.4 is 29.6 Å². The first-order chi connectivity index (χ1) is 8.55. The van der Waals surface area contributed by atoms with Gasteiger partial charge < -0.3 is 11.6 Å². The van der Waals surface area contributed by atoms with Crippen LogP contribution in [0.1, 0.15) is 50.4 Å². The molecule has 0 aliphatic rings. The van der Waals surface area contributed by atoms with Crippen molar-refractivity contribution >= 4 is 11.9 Å². The van der Waals surface area contributed by atoms with Gasteiger partial charge >= 0.3 is 41.5 Å². The molecule has 0 fully saturated rings. The van der Waals surface area contributed by atoms with Crippen LogP contribution in [0.3, 0.4) is 0 Å². The number of hydrogen-bond acceptors (Lipinski definition) is 2. The van der Waals surface area contributed by atoms with Crippen molar-refractivity contribution in [2.24, 2.45) is 0 Å². The van der Waals surface area contributed by atoms with Gasteiger partial charge in [0.05, 0.1) is 0 Å². The zero-order chi connectivity index (χ0) is 15.0. The standard InChI is InChI=1S/C15H20O4.Na.H/c1-8-6-10(11(13(16)17)14(18)19)7-9(2)12(8)15(3,4)5;;/h6-7,11H,1-5H3,(H,16,17)(H,18,19);;/q;+1;-1. The van der Waals surface area contributed by atoms with Gasteiger partial charge in [-0.15, -0.1) is 0 Å². The zero-order valence-corrected chi connectivity index (χ0v) is 14.9. The van der Waals surface area contributed by atoms with Crippen LogP contribution in [0, 0.1) is 13.8 Å². The largest absolute Gasteiger partial charge is 1.00 e. The predicted octanol–water partition coefficient (Wildman–Crippen LogP) is -0.0298. The predicted molar refractivity (Wildman–Crippen MR) is 73.7 cm³/mol. The van der Waals surface area contributed by atoms with Gasteiger partial charge in [0.15, 0.2) is 5.92 Å². The van der Waals surface area contributed by atoms with Crippen molar-refractivity contribution < 1.29 is 50.8 Å². The minimum absolute atomic E-state index is 0. The van der Waals surface area contributed by atoms with Gasteiger partial charge in [-0.2, -0.15) is 0 Å². The van der Waals surface area contributed by atoms with Crippen LogP contribution in [0.4, 0.5) is 0 Å². The minimum Gasteiger partial charge on any atom is -1.00 e. The second-order valence-electron chi connectivity index (χ2n) is 5.89. The average Bonchev–Trinajstić information content (AvgIpc) is 2.11. The molecule has 0 atom stereocenters. The maximum Gasteiger partial charge on any atom is 1.00 e. The molecular weight excluding hydrogens is 267 g/mol. The SMILES string of the molecule is Cc1cc(C(C(=O)O)C(=O)O)cc(C)c1C(C)(C)C.[H-].[Na+]. The molecule has 0 aliphatic heterocycles. The third-order valence-corrected chi connectivity index (χ3v) is 3.13. The average molecular weight is 288 g/mol. The van der Waals surface area contributed by atoms with Crippen LogP contribution in [-0.4, -0.2) is 22.2 Å². The quantitative estimate of drug-likeness (QED) is 0.605. The van der Waals surface area contributed by atoms with E-state index in [-0.39, 0.29) is 36.4 Å². The molecule has 0 radical (unpaired) electrons. The van der Waals surface area contributed by atoms with E-state index in [0.29, 0.717) is 5.56 Å². The van der Waals surface area contributed by atoms with E-state index >= 15 is 0 Å². The van der Waals surface area contributed by atoms with Gasteiger partial charge in [-0.3, -0.25) is 9.59 Å². The number of carboxylic acids is 2. The van der Waals surface area contributed by atoms with Crippen molar-refractivity contribution in [1.29, 1.82) is 0 Å². The summed E-state index contributed by atoms with van der Waals surface area (Å²) in [4.78, 5) is 22.1. The summed E-state index contributed by atoms with van der Waals surface area (Å²) >= 11 is 0. The fourth-order valence-electron chi connectivity index (χ4n) is 2.74. The third-order valence-electron chi connectivity index (χ3n) is 3.13. The molecule has 106 valence electrons. The molecule has 0 heterocycles. The number of carbonyl (C=O) groups is 2. The van der Waals surface area contributed by atoms with E-state index in [0.717, 1.165) is 16.7 Å². The number of carboxylic acid groups (broad SMARTS) is 2. The van der Waals surface area contributed by atoms with E-state index in [1.807, 2.05) is 13.8 Å². The van der Waals surface area contributed by atoms with Crippen molar-refractivity contribution in [3.63, 3.8) is 0 Å². The van der Waals surface area contributed by atoms with Gasteiger partial charge in [-0.1, -0.05) is 32.9 Å². The van der Waals surface area contributed by atoms with E-state index < -0.39 is 17.9 Å². The van der Waals surface area contributed by atoms with Crippen LogP contribution >= 0.6 is 0 Å². The monoisotopic (exact) mass is 288 g/mol. The number of rotatable bonds is 3. The first-order valence-electron chi connectivity index (χ1n) is 6.13. The first kappa shape index (κ1) is 19.2. The molecule has 0 spiro atoms. The fourth-order valence-corrected chi connectivity index (χ4v) is 2.74. The van der Waals surface area contributed by atoms with Crippen LogP contribution in [0.5, 0.6) is 0 Å². The Balaban J connectivity index is 0. The van der Waals surface area contributed by atoms with E-state index in [1.165, 1.54) is 0 Å². The zero-order valence-electron chi connectivity index (χ0n) is 13.9. The molecule has 1 aromatic rings. The van der Waals surface area contributed by atoms with E-state index in [9.17, 15) is 9.59 Å². The molecule has 0 saturated carbocycles. The molecule has 0 aliphatic carbocycles. The van der Waals surface area contributed by atoms with Crippen LogP contribution in [0.25, 0.3) is 0 Å². The first-order valence-corrected chi connectivity index (χ1v) is 6.13. The maximum atomic E-state index is 11.1. The molecule has 20 heavy (non-hydrogen) atoms. The topological polar surface area (TPSA) is 74.6 Å². The molecule has 4 nitrogen and oxygen atoms in total. The molecule has 1 aromatic carbocycles. The summed E-state index contributed by atoms with van der Waals surface area (Å²) in [7, 11) is 0. The Morgan fingerprint density at radius 2 is 1.40 bits per heavy atom. The molecule has 0 bridgehead atoms. The second-order valence-corrected chi connectivity index (χ2v) is 5.89. The van der Waals surface area contributed by atoms with Gasteiger partial charge in [0, 0.05) is 0 Å². The Hall–Kier alpha value is -0.840. The Bertz CT molecular complexity index is 498. The molecule has 5 heteroatoms. The smallest absolute Gasteiger partial charge is 1.00 e. The van der Waals surface area contributed by atoms with Gasteiger partial charge in [0.2, 0.25) is 0 Å². The fraction of sp³-hybridized carbons (Fsp3) is 0.467. The number of hydrogen-bond donors (Lipinski definition) is 2. The Kier molecular flexibility index (Phi) is 6.46. The van der Waals surface area contributed by atoms with E-state index in [2.05, 4.69) is 20.8 Å². The summed E-state index contributed by atoms with van der Waals surface area (Å²) < 4.78 is 0. The summed E-state index contributed by atoms with van der Waals surface area (Å²) in [5, 5.41) is 18.1. The third kappa shape index (κ3) is 4.08. The molecule has 0 amide bonds. The minimum atomic E-state index is -1.51. The number of aryl methyl sites for hydroxylation is 2. The van der Waals surface area contributed by atoms with Crippen molar-refractivity contribution in [1.82, 2.24) is 0 Å². The van der Waals surface area contributed by atoms with Crippen molar-refractivity contribution in [2.75, 3.05) is 0 Å². The van der Waals surface area contributed by atoms with Gasteiger partial charge in [-0.25, -0.2) is 0 Å². The number of benzene rings is 1. The second kappa shape index (κ2) is 6.74. The molecular formula is C15H21NaO4. The van der Waals surface area contributed by atoms with Crippen LogP contribution in [0.2, 0.25) is 0 Å². The summed E-state index contributed by atoms with van der Waals surface area (Å²) in [6.45, 7) is 10.0. The molecule has 1 rings (SSSR count). The summed E-state index contributed by atoms with van der Waals surface area (Å²) in [6.07, 6.45) is 0. The summed E-state index contributed by atoms with van der Waals surface area (Å²) in [5.41, 5.74) is 3.24. The van der Waals surface area contributed by atoms with Gasteiger partial charge in [0.25, 0.3) is 0 Å². The summed E-state index contributed by atoms with van der Waals surface area (Å²) in [6, 6.07) is 3.33. The molecule has 0 aromatic heterocycles. The van der Waals surface area contributed by atoms with E-state index in [4.69, 9.17) is 10.2 Å². The van der Waals surface area contributed by atoms with Gasteiger partial charge in [-0.05, 0) is 41.5 Å². The molecule has 0 unspecified atom stereocenters. The van der Waals surface area contributed by atoms with E-state index in [1.54, 1.807) is 12.1 Å². The number of aliphatic carboxylic acids is 2. The van der Waals surface area contributed by atoms with Crippen LogP contribution in [-0.2, 0) is 15.0 Å². The molecule has 0 saturated heterocycles. The van der Waals surface area contributed by atoms with Crippen molar-refractivity contribution in [2.45, 2.75) is 46.0 Å². The van der Waals surface area contributed by atoms with Crippen molar-refractivity contribution in [3.05, 3.63) is 34.4 Å². The Morgan fingerprint density at radius 3 is 1.65 bits per heavy atom. The van der Waals surface area contributed by atoms with Crippen molar-refractivity contribution in [3.8, 4) is 0 Å². The maximum absolute atomic E-state index is 11.1. The Labute approximate surface area is 143 Å². The molecule has 2 N–H and O–H groups in total. The van der Waals surface area contributed by atoms with Gasteiger partial charge in [0.1, 0.15) is 0 Å².